The number of likely N-dealkylation sites (tertiary alicyclic amines) is 1. The Labute approximate surface area is 146 Å². The smallest absolute Gasteiger partial charge is 0.238 e. The second kappa shape index (κ2) is 7.45. The van der Waals surface area contributed by atoms with Crippen LogP contribution >= 0.6 is 0 Å². The summed E-state index contributed by atoms with van der Waals surface area (Å²) in [7, 11) is 0. The van der Waals surface area contributed by atoms with E-state index in [2.05, 4.69) is 14.9 Å². The summed E-state index contributed by atoms with van der Waals surface area (Å²) >= 11 is 0. The van der Waals surface area contributed by atoms with Crippen molar-refractivity contribution in [3.8, 4) is 11.6 Å². The Hall–Kier alpha value is -2.05. The fraction of sp³-hybridized carbons (Fsp3) is 0.474. The number of aromatic nitrogens is 2. The van der Waals surface area contributed by atoms with Crippen molar-refractivity contribution in [1.29, 1.82) is 0 Å². The monoisotopic (exact) mass is 343 g/mol. The van der Waals surface area contributed by atoms with Crippen LogP contribution in [0.15, 0.2) is 36.7 Å². The summed E-state index contributed by atoms with van der Waals surface area (Å²) in [5.41, 5.74) is 0.901. The van der Waals surface area contributed by atoms with Crippen LogP contribution < -0.4 is 4.74 Å². The summed E-state index contributed by atoms with van der Waals surface area (Å²) in [6.45, 7) is 2.74. The van der Waals surface area contributed by atoms with Crippen molar-refractivity contribution in [2.45, 2.75) is 37.8 Å². The highest BCUT2D eigenvalue weighted by atomic mass is 19.1. The number of nitrogens with zero attached hydrogens (tertiary/aromatic N) is 3. The highest BCUT2D eigenvalue weighted by Crippen LogP contribution is 2.35. The summed E-state index contributed by atoms with van der Waals surface area (Å²) in [6, 6.07) is 7.12. The van der Waals surface area contributed by atoms with Gasteiger partial charge in [0.05, 0.1) is 24.1 Å². The van der Waals surface area contributed by atoms with Gasteiger partial charge in [-0.25, -0.2) is 9.37 Å². The number of hydrogen-bond donors (Lipinski definition) is 0. The normalized spacial score (nSPS) is 22.2. The van der Waals surface area contributed by atoms with Crippen LogP contribution in [-0.4, -0.2) is 40.7 Å². The van der Waals surface area contributed by atoms with Gasteiger partial charge in [-0.1, -0.05) is 12.1 Å². The summed E-state index contributed by atoms with van der Waals surface area (Å²) in [5.74, 6) is 0.0995. The molecule has 2 saturated heterocycles. The lowest BCUT2D eigenvalue weighted by Gasteiger charge is -2.35. The lowest BCUT2D eigenvalue weighted by molar-refractivity contribution is 0.0284. The number of para-hydroxylation sites is 1. The predicted octanol–water partition coefficient (Wildman–Crippen LogP) is 3.72. The SMILES string of the molecule is Fc1ccccc1Oc1cncc([C@@H]2CCCN2C2CCOCC2)n1. The molecule has 0 saturated carbocycles. The van der Waals surface area contributed by atoms with Crippen molar-refractivity contribution in [3.05, 3.63) is 48.2 Å². The number of ether oxygens (including phenoxy) is 2. The molecule has 0 amide bonds. The molecule has 2 aromatic rings. The van der Waals surface area contributed by atoms with Crippen LogP contribution in [0.25, 0.3) is 0 Å². The lowest BCUT2D eigenvalue weighted by Crippen LogP contribution is -2.39. The van der Waals surface area contributed by atoms with Gasteiger partial charge in [-0.3, -0.25) is 9.88 Å². The Morgan fingerprint density at radius 1 is 1.12 bits per heavy atom. The second-order valence-corrected chi connectivity index (χ2v) is 6.55. The van der Waals surface area contributed by atoms with Gasteiger partial charge in [0, 0.05) is 19.3 Å². The fourth-order valence-corrected chi connectivity index (χ4v) is 3.77. The van der Waals surface area contributed by atoms with Gasteiger partial charge in [0.25, 0.3) is 0 Å². The fourth-order valence-electron chi connectivity index (χ4n) is 3.77. The third kappa shape index (κ3) is 3.65. The van der Waals surface area contributed by atoms with Gasteiger partial charge >= 0.3 is 0 Å². The molecule has 1 aromatic carbocycles. The molecule has 3 heterocycles. The first kappa shape index (κ1) is 16.4. The first-order valence-corrected chi connectivity index (χ1v) is 8.89. The molecule has 4 rings (SSSR count). The van der Waals surface area contributed by atoms with Crippen molar-refractivity contribution < 1.29 is 13.9 Å². The highest BCUT2D eigenvalue weighted by molar-refractivity contribution is 5.28. The van der Waals surface area contributed by atoms with Gasteiger partial charge in [-0.15, -0.1) is 0 Å². The summed E-state index contributed by atoms with van der Waals surface area (Å²) in [5, 5.41) is 0. The van der Waals surface area contributed by atoms with Crippen LogP contribution in [0.4, 0.5) is 4.39 Å². The van der Waals surface area contributed by atoms with E-state index in [4.69, 9.17) is 9.47 Å². The molecular weight excluding hydrogens is 321 g/mol. The van der Waals surface area contributed by atoms with E-state index < -0.39 is 5.82 Å². The zero-order chi connectivity index (χ0) is 17.1. The van der Waals surface area contributed by atoms with Crippen molar-refractivity contribution in [1.82, 2.24) is 14.9 Å². The van der Waals surface area contributed by atoms with Gasteiger partial charge in [-0.2, -0.15) is 0 Å². The highest BCUT2D eigenvalue weighted by Gasteiger charge is 2.33. The first-order valence-electron chi connectivity index (χ1n) is 8.89. The maximum absolute atomic E-state index is 13.8. The minimum absolute atomic E-state index is 0.168. The molecule has 5 nitrogen and oxygen atoms in total. The van der Waals surface area contributed by atoms with Crippen LogP contribution in [-0.2, 0) is 4.74 Å². The molecular formula is C19H22FN3O2. The molecule has 25 heavy (non-hydrogen) atoms. The molecule has 0 bridgehead atoms. The quantitative estimate of drug-likeness (QED) is 0.847. The molecule has 1 atom stereocenters. The summed E-state index contributed by atoms with van der Waals surface area (Å²) in [6.07, 6.45) is 7.68. The molecule has 2 aliphatic heterocycles. The molecule has 0 radical (unpaired) electrons. The number of rotatable bonds is 4. The molecule has 0 N–H and O–H groups in total. The van der Waals surface area contributed by atoms with E-state index in [0.717, 1.165) is 51.1 Å². The van der Waals surface area contributed by atoms with E-state index in [-0.39, 0.29) is 11.8 Å². The number of halogens is 1. The lowest BCUT2D eigenvalue weighted by atomic mass is 10.0. The molecule has 6 heteroatoms. The summed E-state index contributed by atoms with van der Waals surface area (Å²) < 4.78 is 24.9. The van der Waals surface area contributed by atoms with E-state index >= 15 is 0 Å². The van der Waals surface area contributed by atoms with Crippen LogP contribution in [0.5, 0.6) is 11.6 Å². The third-order valence-corrected chi connectivity index (χ3v) is 4.98. The minimum atomic E-state index is -0.403. The predicted molar refractivity (Wildman–Crippen MR) is 91.0 cm³/mol. The van der Waals surface area contributed by atoms with Crippen LogP contribution in [0.1, 0.15) is 37.4 Å². The van der Waals surface area contributed by atoms with Crippen LogP contribution in [0, 0.1) is 5.82 Å². The molecule has 132 valence electrons. The minimum Gasteiger partial charge on any atom is -0.434 e. The number of benzene rings is 1. The van der Waals surface area contributed by atoms with Crippen molar-refractivity contribution in [2.75, 3.05) is 19.8 Å². The Kier molecular flexibility index (Phi) is 4.90. The molecule has 2 fully saturated rings. The van der Waals surface area contributed by atoms with Crippen molar-refractivity contribution in [2.24, 2.45) is 0 Å². The zero-order valence-corrected chi connectivity index (χ0v) is 14.1. The molecule has 2 aliphatic rings. The summed E-state index contributed by atoms with van der Waals surface area (Å²) in [4.78, 5) is 11.4. The van der Waals surface area contributed by atoms with E-state index in [0.29, 0.717) is 11.9 Å². The number of hydrogen-bond acceptors (Lipinski definition) is 5. The Balaban J connectivity index is 1.53. The largest absolute Gasteiger partial charge is 0.434 e. The standard InChI is InChI=1S/C19H22FN3O2/c20-15-4-1-2-6-18(15)25-19-13-21-12-16(22-19)17-5-3-9-23(17)14-7-10-24-11-8-14/h1-2,4,6,12-14,17H,3,5,7-11H2/t17-/m0/s1. The van der Waals surface area contributed by atoms with Gasteiger partial charge in [0.2, 0.25) is 5.88 Å². The van der Waals surface area contributed by atoms with Crippen molar-refractivity contribution in [3.63, 3.8) is 0 Å². The molecule has 1 aromatic heterocycles. The Morgan fingerprint density at radius 3 is 2.80 bits per heavy atom. The molecule has 0 unspecified atom stereocenters. The Morgan fingerprint density at radius 2 is 1.96 bits per heavy atom. The average Bonchev–Trinajstić information content (AvgIpc) is 3.15. The van der Waals surface area contributed by atoms with E-state index in [1.807, 2.05) is 0 Å². The molecule has 0 aliphatic carbocycles. The van der Waals surface area contributed by atoms with Gasteiger partial charge in [0.1, 0.15) is 0 Å². The van der Waals surface area contributed by atoms with Gasteiger partial charge in [0.15, 0.2) is 11.6 Å². The molecule has 0 spiro atoms. The van der Waals surface area contributed by atoms with Crippen molar-refractivity contribution >= 4 is 0 Å². The van der Waals surface area contributed by atoms with E-state index in [1.165, 1.54) is 12.3 Å². The van der Waals surface area contributed by atoms with E-state index in [1.54, 1.807) is 24.4 Å². The average molecular weight is 343 g/mol. The van der Waals surface area contributed by atoms with E-state index in [9.17, 15) is 4.39 Å². The topological polar surface area (TPSA) is 47.5 Å². The zero-order valence-electron chi connectivity index (χ0n) is 14.1. The third-order valence-electron chi connectivity index (χ3n) is 4.98. The second-order valence-electron chi connectivity index (χ2n) is 6.55. The van der Waals surface area contributed by atoms with Crippen LogP contribution in [0.2, 0.25) is 0 Å². The first-order chi connectivity index (χ1) is 12.3. The Bertz CT molecular complexity index is 721. The van der Waals surface area contributed by atoms with Crippen LogP contribution in [0.3, 0.4) is 0 Å². The van der Waals surface area contributed by atoms with Gasteiger partial charge < -0.3 is 9.47 Å². The maximum atomic E-state index is 13.8. The maximum Gasteiger partial charge on any atom is 0.238 e. The van der Waals surface area contributed by atoms with Gasteiger partial charge in [-0.05, 0) is 44.4 Å².